The fourth-order valence-electron chi connectivity index (χ4n) is 2.79. The van der Waals surface area contributed by atoms with Crippen molar-refractivity contribution in [2.45, 2.75) is 6.92 Å². The summed E-state index contributed by atoms with van der Waals surface area (Å²) < 4.78 is 15.5. The zero-order valence-corrected chi connectivity index (χ0v) is 19.8. The molecule has 0 N–H and O–H groups in total. The fraction of sp³-hybridized carbons (Fsp3) is 0.182. The van der Waals surface area contributed by atoms with E-state index in [4.69, 9.17) is 32.7 Å². The minimum Gasteiger partial charge on any atom is -0.490 e. The van der Waals surface area contributed by atoms with Crippen molar-refractivity contribution in [1.29, 1.82) is 0 Å². The normalized spacial score (nSPS) is 14.5. The third-order valence-electron chi connectivity index (χ3n) is 4.31. The molecule has 1 aliphatic rings. The van der Waals surface area contributed by atoms with E-state index < -0.39 is 29.6 Å². The third-order valence-corrected chi connectivity index (χ3v) is 5.82. The zero-order chi connectivity index (χ0) is 24.1. The highest BCUT2D eigenvalue weighted by molar-refractivity contribution is 8.18. The van der Waals surface area contributed by atoms with E-state index in [0.29, 0.717) is 17.3 Å². The maximum atomic E-state index is 12.6. The Balaban J connectivity index is 1.90. The van der Waals surface area contributed by atoms with E-state index in [1.807, 2.05) is 0 Å². The summed E-state index contributed by atoms with van der Waals surface area (Å²) in [5, 5.41) is -0.338. The van der Waals surface area contributed by atoms with Crippen molar-refractivity contribution in [2.24, 2.45) is 0 Å². The summed E-state index contributed by atoms with van der Waals surface area (Å²) in [5.74, 6) is -1.94. The molecule has 172 valence electrons. The van der Waals surface area contributed by atoms with Gasteiger partial charge in [0.2, 0.25) is 0 Å². The number of methoxy groups -OCH3 is 1. The van der Waals surface area contributed by atoms with Crippen LogP contribution >= 0.6 is 35.0 Å². The Bertz CT molecular complexity index is 1170. The van der Waals surface area contributed by atoms with Crippen LogP contribution < -0.4 is 9.47 Å². The van der Waals surface area contributed by atoms with Crippen LogP contribution in [0.3, 0.4) is 0 Å². The fourth-order valence-corrected chi connectivity index (χ4v) is 4.10. The van der Waals surface area contributed by atoms with Crippen molar-refractivity contribution < 1.29 is 33.4 Å². The molecule has 3 rings (SSSR count). The lowest BCUT2D eigenvalue weighted by Gasteiger charge is -2.14. The van der Waals surface area contributed by atoms with Gasteiger partial charge in [0.05, 0.1) is 34.2 Å². The molecule has 0 bridgehead atoms. The van der Waals surface area contributed by atoms with Gasteiger partial charge in [-0.15, -0.1) is 0 Å². The monoisotopic (exact) mass is 509 g/mol. The first-order chi connectivity index (χ1) is 15.7. The summed E-state index contributed by atoms with van der Waals surface area (Å²) in [6.07, 6.45) is 1.43. The van der Waals surface area contributed by atoms with Crippen molar-refractivity contribution in [3.05, 3.63) is 62.5 Å². The average molecular weight is 510 g/mol. The van der Waals surface area contributed by atoms with Gasteiger partial charge in [0.1, 0.15) is 6.54 Å². The minimum atomic E-state index is -0.722. The van der Waals surface area contributed by atoms with E-state index in [1.54, 1.807) is 25.1 Å². The number of hydrogen-bond acceptors (Lipinski definition) is 8. The number of amides is 2. The molecule has 0 aromatic heterocycles. The maximum Gasteiger partial charge on any atom is 0.345 e. The van der Waals surface area contributed by atoms with Crippen LogP contribution in [-0.4, -0.2) is 48.2 Å². The molecular formula is C22H17Cl2NO7S. The second-order valence-electron chi connectivity index (χ2n) is 6.48. The van der Waals surface area contributed by atoms with Crippen molar-refractivity contribution in [3.63, 3.8) is 0 Å². The van der Waals surface area contributed by atoms with E-state index in [-0.39, 0.29) is 38.6 Å². The van der Waals surface area contributed by atoms with Crippen LogP contribution in [0.2, 0.25) is 10.0 Å². The zero-order valence-electron chi connectivity index (χ0n) is 17.4. The molecule has 2 aromatic carbocycles. The number of halogens is 2. The van der Waals surface area contributed by atoms with Crippen LogP contribution in [0, 0.1) is 0 Å². The highest BCUT2D eigenvalue weighted by atomic mass is 35.5. The first-order valence-electron chi connectivity index (χ1n) is 9.50. The SMILES string of the molecule is CCOc1cc(/C=C2\SC(=O)N(CC(=O)OC)C2=O)cc(Cl)c1OC(=O)c1ccccc1Cl. The molecule has 2 aromatic rings. The van der Waals surface area contributed by atoms with Crippen LogP contribution in [-0.2, 0) is 14.3 Å². The number of carbonyl (C=O) groups is 4. The van der Waals surface area contributed by atoms with Crippen LogP contribution in [0.25, 0.3) is 6.08 Å². The van der Waals surface area contributed by atoms with E-state index in [2.05, 4.69) is 4.74 Å². The van der Waals surface area contributed by atoms with E-state index in [9.17, 15) is 19.2 Å². The van der Waals surface area contributed by atoms with Gasteiger partial charge < -0.3 is 14.2 Å². The Labute approximate surface area is 203 Å². The molecule has 0 aliphatic carbocycles. The highest BCUT2D eigenvalue weighted by Crippen LogP contribution is 2.39. The third kappa shape index (κ3) is 5.68. The average Bonchev–Trinajstić information content (AvgIpc) is 3.03. The smallest absolute Gasteiger partial charge is 0.345 e. The number of carbonyl (C=O) groups excluding carboxylic acids is 4. The summed E-state index contributed by atoms with van der Waals surface area (Å²) in [4.78, 5) is 49.5. The molecule has 0 saturated carbocycles. The molecule has 1 saturated heterocycles. The van der Waals surface area contributed by atoms with E-state index in [1.165, 1.54) is 24.3 Å². The van der Waals surface area contributed by atoms with Crippen LogP contribution in [0.4, 0.5) is 4.79 Å². The topological polar surface area (TPSA) is 99.2 Å². The highest BCUT2D eigenvalue weighted by Gasteiger charge is 2.36. The molecule has 1 heterocycles. The van der Waals surface area contributed by atoms with Gasteiger partial charge in [-0.1, -0.05) is 35.3 Å². The number of esters is 2. The van der Waals surface area contributed by atoms with E-state index in [0.717, 1.165) is 12.0 Å². The molecule has 33 heavy (non-hydrogen) atoms. The number of thioether (sulfide) groups is 1. The second-order valence-corrected chi connectivity index (χ2v) is 8.28. The van der Waals surface area contributed by atoms with Crippen molar-refractivity contribution in [1.82, 2.24) is 4.90 Å². The summed E-state index contributed by atoms with van der Waals surface area (Å²) in [7, 11) is 1.16. The van der Waals surface area contributed by atoms with E-state index >= 15 is 0 Å². The predicted molar refractivity (Wildman–Crippen MR) is 124 cm³/mol. The van der Waals surface area contributed by atoms with Gasteiger partial charge in [0, 0.05) is 0 Å². The molecule has 0 atom stereocenters. The Kier molecular flexibility index (Phi) is 8.01. The van der Waals surface area contributed by atoms with Gasteiger partial charge in [-0.25, -0.2) is 4.79 Å². The van der Waals surface area contributed by atoms with Crippen LogP contribution in [0.1, 0.15) is 22.8 Å². The lowest BCUT2D eigenvalue weighted by molar-refractivity contribution is -0.143. The number of nitrogens with zero attached hydrogens (tertiary/aromatic N) is 1. The Morgan fingerprint density at radius 3 is 2.52 bits per heavy atom. The van der Waals surface area contributed by atoms with Crippen LogP contribution in [0.5, 0.6) is 11.5 Å². The first kappa shape index (κ1) is 24.6. The van der Waals surface area contributed by atoms with Gasteiger partial charge in [-0.2, -0.15) is 0 Å². The Morgan fingerprint density at radius 1 is 1.12 bits per heavy atom. The standard InChI is InChI=1S/C22H17Cl2NO7S/c1-3-31-16-9-12(10-17-20(27)25(22(29)33-17)11-18(26)30-2)8-15(24)19(16)32-21(28)13-6-4-5-7-14(13)23/h4-10H,3,11H2,1-2H3/b17-10-. The quantitative estimate of drug-likeness (QED) is 0.297. The Hall–Kier alpha value is -3.01. The first-order valence-corrected chi connectivity index (χ1v) is 11.1. The molecule has 2 amide bonds. The number of hydrogen-bond donors (Lipinski definition) is 0. The van der Waals surface area contributed by atoms with Gasteiger partial charge >= 0.3 is 11.9 Å². The summed E-state index contributed by atoms with van der Waals surface area (Å²) >= 11 is 13.1. The number of ether oxygens (including phenoxy) is 3. The lowest BCUT2D eigenvalue weighted by atomic mass is 10.1. The van der Waals surface area contributed by atoms with Crippen molar-refractivity contribution in [2.75, 3.05) is 20.3 Å². The summed E-state index contributed by atoms with van der Waals surface area (Å²) in [6, 6.07) is 9.35. The molecule has 11 heteroatoms. The number of imide groups is 1. The Morgan fingerprint density at radius 2 is 1.85 bits per heavy atom. The molecule has 1 aliphatic heterocycles. The van der Waals surface area contributed by atoms with Crippen molar-refractivity contribution >= 4 is 64.1 Å². The largest absolute Gasteiger partial charge is 0.490 e. The number of rotatable bonds is 7. The molecular weight excluding hydrogens is 493 g/mol. The molecule has 0 unspecified atom stereocenters. The predicted octanol–water partition coefficient (Wildman–Crippen LogP) is 4.82. The summed E-state index contributed by atoms with van der Waals surface area (Å²) in [5.41, 5.74) is 0.575. The molecule has 1 fully saturated rings. The van der Waals surface area contributed by atoms with Gasteiger partial charge in [0.15, 0.2) is 11.5 Å². The van der Waals surface area contributed by atoms with Gasteiger partial charge in [-0.3, -0.25) is 19.3 Å². The summed E-state index contributed by atoms with van der Waals surface area (Å²) in [6.45, 7) is 1.49. The lowest BCUT2D eigenvalue weighted by Crippen LogP contribution is -2.34. The minimum absolute atomic E-state index is 0.0145. The second kappa shape index (κ2) is 10.7. The molecule has 0 spiro atoms. The van der Waals surface area contributed by atoms with Gasteiger partial charge in [-0.05, 0) is 54.6 Å². The van der Waals surface area contributed by atoms with Crippen molar-refractivity contribution in [3.8, 4) is 11.5 Å². The van der Waals surface area contributed by atoms with Gasteiger partial charge in [0.25, 0.3) is 11.1 Å². The molecule has 8 nitrogen and oxygen atoms in total. The maximum absolute atomic E-state index is 12.6. The van der Waals surface area contributed by atoms with Crippen LogP contribution in [0.15, 0.2) is 41.3 Å². The number of benzene rings is 2. The molecule has 0 radical (unpaired) electrons.